The molecule has 1 aromatic heterocycles. The van der Waals surface area contributed by atoms with Crippen LogP contribution in [0.4, 0.5) is 10.5 Å². The second-order valence-corrected chi connectivity index (χ2v) is 9.86. The van der Waals surface area contributed by atoms with E-state index in [1.807, 2.05) is 19.9 Å². The fourth-order valence-corrected chi connectivity index (χ4v) is 4.67. The number of hydrogen-bond donors (Lipinski definition) is 2. The molecule has 0 fully saturated rings. The van der Waals surface area contributed by atoms with Crippen molar-refractivity contribution in [3.05, 3.63) is 53.7 Å². The van der Waals surface area contributed by atoms with Gasteiger partial charge in [0.2, 0.25) is 5.88 Å². The average Bonchev–Trinajstić information content (AvgIpc) is 3.45. The summed E-state index contributed by atoms with van der Waals surface area (Å²) in [6, 6.07) is 8.31. The zero-order chi connectivity index (χ0) is 26.5. The van der Waals surface area contributed by atoms with Crippen LogP contribution in [0.1, 0.15) is 49.0 Å². The lowest BCUT2D eigenvalue weighted by Gasteiger charge is -2.37. The Kier molecular flexibility index (Phi) is 8.33. The summed E-state index contributed by atoms with van der Waals surface area (Å²) in [5, 5.41) is 12.7. The van der Waals surface area contributed by atoms with E-state index in [0.717, 1.165) is 24.8 Å². The molecule has 3 amide bonds. The largest absolute Gasteiger partial charge is 0.497 e. The van der Waals surface area contributed by atoms with Gasteiger partial charge in [-0.15, -0.1) is 0 Å². The minimum atomic E-state index is -0.420. The molecule has 2 aromatic rings. The summed E-state index contributed by atoms with van der Waals surface area (Å²) < 4.78 is 11.5. The Bertz CT molecular complexity index is 1150. The maximum absolute atomic E-state index is 13.6. The number of allylic oxidation sites excluding steroid dienone is 2. The van der Waals surface area contributed by atoms with Crippen LogP contribution in [-0.4, -0.2) is 77.8 Å². The smallest absolute Gasteiger partial charge is 0.321 e. The number of aliphatic hydroxyl groups excluding tert-OH is 1. The number of nitrogens with one attached hydrogen (secondary N) is 1. The number of nitrogens with zero attached hydrogens (tertiary/aromatic N) is 3. The molecule has 9 heteroatoms. The van der Waals surface area contributed by atoms with Gasteiger partial charge in [-0.25, -0.2) is 9.78 Å². The van der Waals surface area contributed by atoms with Crippen LogP contribution in [0.2, 0.25) is 0 Å². The van der Waals surface area contributed by atoms with E-state index in [0.29, 0.717) is 23.5 Å². The van der Waals surface area contributed by atoms with Crippen molar-refractivity contribution in [3.63, 3.8) is 0 Å². The molecule has 3 atom stereocenters. The second kappa shape index (κ2) is 11.6. The maximum atomic E-state index is 13.6. The highest BCUT2D eigenvalue weighted by atomic mass is 16.5. The highest BCUT2D eigenvalue weighted by molar-refractivity contribution is 5.97. The van der Waals surface area contributed by atoms with Crippen LogP contribution in [-0.2, 0) is 0 Å². The molecule has 37 heavy (non-hydrogen) atoms. The van der Waals surface area contributed by atoms with E-state index in [4.69, 9.17) is 9.47 Å². The number of ether oxygens (including phenoxy) is 2. The lowest BCUT2D eigenvalue weighted by Crippen LogP contribution is -2.50. The van der Waals surface area contributed by atoms with E-state index in [1.54, 1.807) is 54.4 Å². The monoisotopic (exact) mass is 508 g/mol. The molecular formula is C28H36N4O5. The number of methoxy groups -OCH3 is 1. The Morgan fingerprint density at radius 2 is 2.11 bits per heavy atom. The molecule has 0 saturated carbocycles. The number of urea groups is 1. The molecule has 1 aliphatic heterocycles. The molecule has 4 rings (SSSR count). The predicted octanol–water partition coefficient (Wildman–Crippen LogP) is 4.04. The number of hydrogen-bond acceptors (Lipinski definition) is 6. The number of carbonyl (C=O) groups is 2. The van der Waals surface area contributed by atoms with Crippen LogP contribution in [0.3, 0.4) is 0 Å². The number of amides is 3. The fourth-order valence-electron chi connectivity index (χ4n) is 4.67. The molecule has 2 N–H and O–H groups in total. The minimum Gasteiger partial charge on any atom is -0.497 e. The van der Waals surface area contributed by atoms with Crippen molar-refractivity contribution >= 4 is 23.2 Å². The van der Waals surface area contributed by atoms with E-state index < -0.39 is 6.10 Å². The molecule has 2 aliphatic rings. The highest BCUT2D eigenvalue weighted by Gasteiger charge is 2.35. The molecule has 0 bridgehead atoms. The number of likely N-dealkylation sites (N-methyl/N-ethyl adjacent to an activating group) is 1. The first-order valence-corrected chi connectivity index (χ1v) is 12.7. The molecule has 1 aliphatic carbocycles. The first kappa shape index (κ1) is 26.5. The molecular weight excluding hydrogens is 472 g/mol. The Morgan fingerprint density at radius 1 is 1.35 bits per heavy atom. The van der Waals surface area contributed by atoms with E-state index in [-0.39, 0.29) is 42.9 Å². The molecule has 1 aromatic carbocycles. The summed E-state index contributed by atoms with van der Waals surface area (Å²) in [7, 11) is 3.30. The van der Waals surface area contributed by atoms with Gasteiger partial charge >= 0.3 is 6.03 Å². The normalized spacial score (nSPS) is 20.2. The van der Waals surface area contributed by atoms with Crippen LogP contribution in [0.25, 0.3) is 5.57 Å². The van der Waals surface area contributed by atoms with Gasteiger partial charge < -0.3 is 29.7 Å². The zero-order valence-corrected chi connectivity index (χ0v) is 21.9. The lowest BCUT2D eigenvalue weighted by atomic mass is 9.99. The van der Waals surface area contributed by atoms with E-state index in [1.165, 1.54) is 5.57 Å². The third-order valence-corrected chi connectivity index (χ3v) is 7.07. The van der Waals surface area contributed by atoms with Gasteiger partial charge in [0.05, 0.1) is 26.3 Å². The van der Waals surface area contributed by atoms with Crippen molar-refractivity contribution in [2.24, 2.45) is 5.92 Å². The van der Waals surface area contributed by atoms with Crippen LogP contribution in [0.15, 0.2) is 42.6 Å². The number of anilines is 1. The van der Waals surface area contributed by atoms with Crippen molar-refractivity contribution in [1.29, 1.82) is 0 Å². The van der Waals surface area contributed by atoms with E-state index in [2.05, 4.69) is 16.4 Å². The molecule has 2 heterocycles. The Morgan fingerprint density at radius 3 is 2.76 bits per heavy atom. The minimum absolute atomic E-state index is 0.124. The average molecular weight is 509 g/mol. The van der Waals surface area contributed by atoms with Gasteiger partial charge in [0.25, 0.3) is 5.91 Å². The van der Waals surface area contributed by atoms with Crippen LogP contribution in [0, 0.1) is 5.92 Å². The topological polar surface area (TPSA) is 104 Å². The van der Waals surface area contributed by atoms with Gasteiger partial charge in [0, 0.05) is 31.4 Å². The van der Waals surface area contributed by atoms with E-state index in [9.17, 15) is 14.7 Å². The molecule has 0 radical (unpaired) electrons. The Labute approximate surface area is 218 Å². The standard InChI is InChI=1S/C28H36N4O5/c1-18-15-32(19(2)17-33)27(34)24-13-21(20-7-5-6-8-20)14-29-26(24)37-25(18)16-31(3)28(35)30-22-9-11-23(36-4)12-10-22/h7,9-14,18-19,25,33H,5-6,8,15-17H2,1-4H3,(H,30,35)/t18-,19-,25-/m1/s1. The molecule has 9 nitrogen and oxygen atoms in total. The van der Waals surface area contributed by atoms with E-state index >= 15 is 0 Å². The molecule has 0 saturated heterocycles. The molecule has 0 unspecified atom stereocenters. The quantitative estimate of drug-likeness (QED) is 0.585. The van der Waals surface area contributed by atoms with Gasteiger partial charge in [-0.2, -0.15) is 0 Å². The third kappa shape index (κ3) is 6.05. The van der Waals surface area contributed by atoms with Crippen molar-refractivity contribution in [2.75, 3.05) is 39.2 Å². The van der Waals surface area contributed by atoms with Crippen LogP contribution >= 0.6 is 0 Å². The van der Waals surface area contributed by atoms with Gasteiger partial charge in [-0.3, -0.25) is 4.79 Å². The number of rotatable bonds is 7. The van der Waals surface area contributed by atoms with Crippen molar-refractivity contribution in [2.45, 2.75) is 45.3 Å². The number of benzene rings is 1. The number of fused-ring (bicyclic) bond motifs is 1. The Hall–Kier alpha value is -3.59. The summed E-state index contributed by atoms with van der Waals surface area (Å²) in [6.07, 6.45) is 6.60. The third-order valence-electron chi connectivity index (χ3n) is 7.07. The summed E-state index contributed by atoms with van der Waals surface area (Å²) in [5.74, 6) is 0.627. The van der Waals surface area contributed by atoms with Crippen LogP contribution < -0.4 is 14.8 Å². The maximum Gasteiger partial charge on any atom is 0.321 e. The van der Waals surface area contributed by atoms with Gasteiger partial charge in [0.15, 0.2) is 0 Å². The fraction of sp³-hybridized carbons (Fsp3) is 0.464. The zero-order valence-electron chi connectivity index (χ0n) is 21.9. The SMILES string of the molecule is COc1ccc(NC(=O)N(C)C[C@H]2Oc3ncc(C4=CCCC4)cc3C(=O)N([C@H](C)CO)C[C@H]2C)cc1. The van der Waals surface area contributed by atoms with Gasteiger partial charge in [-0.1, -0.05) is 13.0 Å². The highest BCUT2D eigenvalue weighted by Crippen LogP contribution is 2.32. The summed E-state index contributed by atoms with van der Waals surface area (Å²) in [5.41, 5.74) is 3.14. The summed E-state index contributed by atoms with van der Waals surface area (Å²) in [4.78, 5) is 34.3. The summed E-state index contributed by atoms with van der Waals surface area (Å²) in [6.45, 7) is 4.32. The van der Waals surface area contributed by atoms with Crippen LogP contribution in [0.5, 0.6) is 11.6 Å². The lowest BCUT2D eigenvalue weighted by molar-refractivity contribution is 0.0356. The first-order valence-electron chi connectivity index (χ1n) is 12.7. The predicted molar refractivity (Wildman–Crippen MR) is 142 cm³/mol. The summed E-state index contributed by atoms with van der Waals surface area (Å²) >= 11 is 0. The second-order valence-electron chi connectivity index (χ2n) is 9.86. The molecule has 0 spiro atoms. The molecule has 198 valence electrons. The number of aromatic nitrogens is 1. The van der Waals surface area contributed by atoms with Gasteiger partial charge in [-0.05, 0) is 67.7 Å². The van der Waals surface area contributed by atoms with Gasteiger partial charge in [0.1, 0.15) is 17.4 Å². The number of aliphatic hydroxyl groups is 1. The first-order chi connectivity index (χ1) is 17.8. The number of carbonyl (C=O) groups excluding carboxylic acids is 2. The Balaban J connectivity index is 1.57. The van der Waals surface area contributed by atoms with Crippen molar-refractivity contribution in [3.8, 4) is 11.6 Å². The van der Waals surface area contributed by atoms with Crippen molar-refractivity contribution in [1.82, 2.24) is 14.8 Å². The van der Waals surface area contributed by atoms with Crippen molar-refractivity contribution < 1.29 is 24.2 Å². The number of pyridine rings is 1.